The maximum Gasteiger partial charge on any atom is 0.264 e. The Kier molecular flexibility index (Phi) is 11.7. The van der Waals surface area contributed by atoms with Crippen LogP contribution in [0, 0.1) is 0 Å². The summed E-state index contributed by atoms with van der Waals surface area (Å²) >= 11 is 26.1. The minimum absolute atomic E-state index is 0.0158. The Balaban J connectivity index is 1.61. The van der Waals surface area contributed by atoms with Gasteiger partial charge in [0.05, 0.1) is 20.6 Å². The number of rotatable bonds is 12. The molecule has 0 aliphatic heterocycles. The van der Waals surface area contributed by atoms with Gasteiger partial charge in [-0.25, -0.2) is 8.42 Å². The topological polar surface area (TPSA) is 86.8 Å². The smallest absolute Gasteiger partial charge is 0.264 e. The van der Waals surface area contributed by atoms with Crippen molar-refractivity contribution in [3.63, 3.8) is 0 Å². The number of nitrogens with one attached hydrogen (secondary N) is 1. The van der Waals surface area contributed by atoms with Crippen LogP contribution in [0.25, 0.3) is 0 Å². The van der Waals surface area contributed by atoms with E-state index in [1.165, 1.54) is 29.2 Å². The lowest BCUT2D eigenvalue weighted by Crippen LogP contribution is -2.54. The van der Waals surface area contributed by atoms with Crippen molar-refractivity contribution in [2.45, 2.75) is 55.6 Å². The molecule has 1 aliphatic carbocycles. The Bertz CT molecular complexity index is 1800. The summed E-state index contributed by atoms with van der Waals surface area (Å²) in [5.74, 6) is -1.02. The SMILES string of the molecule is O=C(NC1CCCC1)[C@@H](Cc1ccccc1)N(Cc1c(Cl)cccc1Cl)C(=O)CN(c1cccc(Cl)c1Cl)S(=O)(=O)c1ccccc1. The Morgan fingerprint density at radius 2 is 1.34 bits per heavy atom. The number of carbonyl (C=O) groups excluding carboxylic acids is 2. The maximum atomic E-state index is 14.7. The van der Waals surface area contributed by atoms with E-state index >= 15 is 0 Å². The van der Waals surface area contributed by atoms with Gasteiger partial charge in [-0.05, 0) is 54.8 Å². The molecule has 4 aromatic carbocycles. The van der Waals surface area contributed by atoms with E-state index in [2.05, 4.69) is 5.32 Å². The highest BCUT2D eigenvalue weighted by Crippen LogP contribution is 2.36. The van der Waals surface area contributed by atoms with E-state index in [-0.39, 0.29) is 45.5 Å². The second-order valence-corrected chi connectivity index (χ2v) is 14.8. The molecular formula is C35H33Cl4N3O4S. The lowest BCUT2D eigenvalue weighted by atomic mass is 10.0. The molecule has 0 radical (unpaired) electrons. The zero-order chi connectivity index (χ0) is 33.6. The number of sulfonamides is 1. The van der Waals surface area contributed by atoms with Crippen molar-refractivity contribution < 1.29 is 18.0 Å². The Hall–Kier alpha value is -3.27. The minimum Gasteiger partial charge on any atom is -0.352 e. The first-order valence-electron chi connectivity index (χ1n) is 15.1. The number of hydrogen-bond acceptors (Lipinski definition) is 4. The van der Waals surface area contributed by atoms with Gasteiger partial charge in [-0.2, -0.15) is 0 Å². The lowest BCUT2D eigenvalue weighted by molar-refractivity contribution is -0.140. The summed E-state index contributed by atoms with van der Waals surface area (Å²) in [5.41, 5.74) is 1.25. The summed E-state index contributed by atoms with van der Waals surface area (Å²) in [6, 6.07) is 25.5. The number of benzene rings is 4. The summed E-state index contributed by atoms with van der Waals surface area (Å²) in [6.07, 6.45) is 3.84. The number of hydrogen-bond donors (Lipinski definition) is 1. The monoisotopic (exact) mass is 731 g/mol. The van der Waals surface area contributed by atoms with E-state index in [0.29, 0.717) is 15.6 Å². The molecule has 0 bridgehead atoms. The molecule has 1 N–H and O–H groups in total. The normalized spacial score (nSPS) is 14.0. The molecule has 0 spiro atoms. The number of amides is 2. The third kappa shape index (κ3) is 8.42. The number of nitrogens with zero attached hydrogens (tertiary/aromatic N) is 2. The zero-order valence-electron chi connectivity index (χ0n) is 25.3. The molecule has 0 unspecified atom stereocenters. The van der Waals surface area contributed by atoms with Crippen molar-refractivity contribution in [2.24, 2.45) is 0 Å². The molecular weight excluding hydrogens is 700 g/mol. The van der Waals surface area contributed by atoms with E-state index in [1.54, 1.807) is 42.5 Å². The van der Waals surface area contributed by atoms with Crippen LogP contribution in [0.5, 0.6) is 0 Å². The van der Waals surface area contributed by atoms with Crippen LogP contribution in [-0.2, 0) is 32.6 Å². The predicted molar refractivity (Wildman–Crippen MR) is 189 cm³/mol. The summed E-state index contributed by atoms with van der Waals surface area (Å²) in [6.45, 7) is -0.850. The fraction of sp³-hybridized carbons (Fsp3) is 0.257. The molecule has 0 saturated heterocycles. The largest absolute Gasteiger partial charge is 0.352 e. The van der Waals surface area contributed by atoms with Crippen molar-refractivity contribution in [3.8, 4) is 0 Å². The molecule has 7 nitrogen and oxygen atoms in total. The van der Waals surface area contributed by atoms with Crippen molar-refractivity contribution in [1.82, 2.24) is 10.2 Å². The first kappa shape index (κ1) is 35.0. The van der Waals surface area contributed by atoms with E-state index < -0.39 is 28.5 Å². The van der Waals surface area contributed by atoms with Gasteiger partial charge in [-0.1, -0.05) is 120 Å². The molecule has 12 heteroatoms. The van der Waals surface area contributed by atoms with Gasteiger partial charge in [-0.15, -0.1) is 0 Å². The Morgan fingerprint density at radius 3 is 1.98 bits per heavy atom. The number of halogens is 4. The molecule has 2 amide bonds. The van der Waals surface area contributed by atoms with Crippen LogP contribution in [-0.4, -0.2) is 43.8 Å². The highest BCUT2D eigenvalue weighted by Gasteiger charge is 2.36. The standard InChI is InChI=1S/C35H33Cl4N3O4S/c36-28-17-9-18-29(37)27(28)22-41(32(21-24-11-3-1-4-12-24)35(44)40-25-13-7-8-14-25)33(43)23-42(31-20-10-19-30(38)34(31)39)47(45,46)26-15-5-2-6-16-26/h1-6,9-12,15-20,25,32H,7-8,13-14,21-23H2,(H,40,44)/t32-/m1/s1. The third-order valence-corrected chi connectivity index (χ3v) is 11.5. The Labute approximate surface area is 295 Å². The van der Waals surface area contributed by atoms with Gasteiger partial charge >= 0.3 is 0 Å². The number of anilines is 1. The van der Waals surface area contributed by atoms with Crippen molar-refractivity contribution in [3.05, 3.63) is 128 Å². The maximum absolute atomic E-state index is 14.7. The van der Waals surface area contributed by atoms with Crippen LogP contribution in [0.3, 0.4) is 0 Å². The van der Waals surface area contributed by atoms with Crippen LogP contribution >= 0.6 is 46.4 Å². The number of carbonyl (C=O) groups is 2. The van der Waals surface area contributed by atoms with Crippen molar-refractivity contribution >= 4 is 73.9 Å². The quantitative estimate of drug-likeness (QED) is 0.159. The Morgan fingerprint density at radius 1 is 0.766 bits per heavy atom. The van der Waals surface area contributed by atoms with Crippen LogP contribution < -0.4 is 9.62 Å². The van der Waals surface area contributed by atoms with E-state index in [9.17, 15) is 18.0 Å². The van der Waals surface area contributed by atoms with Gasteiger partial charge in [0.15, 0.2) is 0 Å². The zero-order valence-corrected chi connectivity index (χ0v) is 29.1. The fourth-order valence-electron chi connectivity index (χ4n) is 5.69. The van der Waals surface area contributed by atoms with Gasteiger partial charge in [0.25, 0.3) is 10.0 Å². The predicted octanol–water partition coefficient (Wildman–Crippen LogP) is 8.19. The summed E-state index contributed by atoms with van der Waals surface area (Å²) in [7, 11) is -4.34. The minimum atomic E-state index is -4.34. The van der Waals surface area contributed by atoms with Gasteiger partial charge < -0.3 is 10.2 Å². The van der Waals surface area contributed by atoms with Crippen LogP contribution in [0.4, 0.5) is 5.69 Å². The molecule has 1 saturated carbocycles. The summed E-state index contributed by atoms with van der Waals surface area (Å²) < 4.78 is 29.3. The molecule has 5 rings (SSSR count). The lowest BCUT2D eigenvalue weighted by Gasteiger charge is -2.35. The molecule has 1 aliphatic rings. The summed E-state index contributed by atoms with van der Waals surface area (Å²) in [4.78, 5) is 30.1. The van der Waals surface area contributed by atoms with Crippen LogP contribution in [0.15, 0.2) is 102 Å². The second-order valence-electron chi connectivity index (χ2n) is 11.3. The van der Waals surface area contributed by atoms with E-state index in [4.69, 9.17) is 46.4 Å². The van der Waals surface area contributed by atoms with Crippen LogP contribution in [0.1, 0.15) is 36.8 Å². The molecule has 1 atom stereocenters. The molecule has 47 heavy (non-hydrogen) atoms. The fourth-order valence-corrected chi connectivity index (χ4v) is 8.10. The third-order valence-electron chi connectivity index (χ3n) is 8.17. The second kappa shape index (κ2) is 15.8. The average molecular weight is 734 g/mol. The highest BCUT2D eigenvalue weighted by atomic mass is 35.5. The van der Waals surface area contributed by atoms with Crippen LogP contribution in [0.2, 0.25) is 20.1 Å². The van der Waals surface area contributed by atoms with E-state index in [1.807, 2.05) is 30.3 Å². The average Bonchev–Trinajstić information content (AvgIpc) is 3.58. The van der Waals surface area contributed by atoms with E-state index in [0.717, 1.165) is 35.6 Å². The van der Waals surface area contributed by atoms with Gasteiger partial charge in [-0.3, -0.25) is 13.9 Å². The van der Waals surface area contributed by atoms with Crippen molar-refractivity contribution in [1.29, 1.82) is 0 Å². The molecule has 0 aromatic heterocycles. The molecule has 4 aromatic rings. The first-order chi connectivity index (χ1) is 22.6. The van der Waals surface area contributed by atoms with Gasteiger partial charge in [0, 0.05) is 34.6 Å². The molecule has 246 valence electrons. The molecule has 1 fully saturated rings. The molecule has 0 heterocycles. The summed E-state index contributed by atoms with van der Waals surface area (Å²) in [5, 5.41) is 3.82. The van der Waals surface area contributed by atoms with Crippen molar-refractivity contribution in [2.75, 3.05) is 10.8 Å². The highest BCUT2D eigenvalue weighted by molar-refractivity contribution is 7.92. The van der Waals surface area contributed by atoms with Gasteiger partial charge in [0.1, 0.15) is 12.6 Å². The van der Waals surface area contributed by atoms with Gasteiger partial charge in [0.2, 0.25) is 11.8 Å². The first-order valence-corrected chi connectivity index (χ1v) is 18.1.